The summed E-state index contributed by atoms with van der Waals surface area (Å²) in [6.07, 6.45) is 0. The first kappa shape index (κ1) is 14.7. The van der Waals surface area contributed by atoms with Crippen LogP contribution in [0.2, 0.25) is 0 Å². The van der Waals surface area contributed by atoms with Gasteiger partial charge in [-0.1, -0.05) is 19.9 Å². The molecule has 0 aliphatic heterocycles. The minimum atomic E-state index is -3.66. The van der Waals surface area contributed by atoms with Crippen LogP contribution in [0.1, 0.15) is 29.8 Å². The number of aromatic carboxylic acids is 1. The predicted molar refractivity (Wildman–Crippen MR) is 68.2 cm³/mol. The molecule has 1 aromatic carbocycles. The van der Waals surface area contributed by atoms with Crippen molar-refractivity contribution in [3.63, 3.8) is 0 Å². The van der Waals surface area contributed by atoms with Crippen LogP contribution in [0.25, 0.3) is 0 Å². The van der Waals surface area contributed by atoms with E-state index in [0.717, 1.165) is 0 Å². The average Bonchev–Trinajstić information content (AvgIpc) is 2.26. The molecule has 2 N–H and O–H groups in total. The maximum atomic E-state index is 12.0. The molecule has 0 fully saturated rings. The topological polar surface area (TPSA) is 83.5 Å². The predicted octanol–water partition coefficient (Wildman–Crippen LogP) is 1.63. The third kappa shape index (κ3) is 3.54. The Morgan fingerprint density at radius 1 is 1.39 bits per heavy atom. The van der Waals surface area contributed by atoms with E-state index in [1.165, 1.54) is 18.2 Å². The van der Waals surface area contributed by atoms with Crippen LogP contribution in [0.15, 0.2) is 23.1 Å². The van der Waals surface area contributed by atoms with Crippen molar-refractivity contribution in [2.24, 2.45) is 5.92 Å². The Balaban J connectivity index is 3.15. The lowest BCUT2D eigenvalue weighted by atomic mass is 10.1. The Bertz CT molecular complexity index is 549. The highest BCUT2D eigenvalue weighted by Crippen LogP contribution is 2.17. The third-order valence-corrected chi connectivity index (χ3v) is 3.97. The minimum Gasteiger partial charge on any atom is -0.478 e. The molecule has 0 spiro atoms. The normalized spacial score (nSPS) is 11.8. The summed E-state index contributed by atoms with van der Waals surface area (Å²) in [4.78, 5) is 10.9. The molecular weight excluding hydrogens is 254 g/mol. The average molecular weight is 271 g/mol. The van der Waals surface area contributed by atoms with E-state index in [4.69, 9.17) is 5.11 Å². The Morgan fingerprint density at radius 3 is 2.50 bits per heavy atom. The fourth-order valence-electron chi connectivity index (χ4n) is 1.38. The summed E-state index contributed by atoms with van der Waals surface area (Å²) in [7, 11) is -3.66. The largest absolute Gasteiger partial charge is 0.478 e. The number of hydrogen-bond donors (Lipinski definition) is 2. The minimum absolute atomic E-state index is 0.0167. The van der Waals surface area contributed by atoms with Crippen LogP contribution < -0.4 is 4.72 Å². The summed E-state index contributed by atoms with van der Waals surface area (Å²) in [5.41, 5.74) is 0.488. The standard InChI is InChI=1S/C12H17NO4S/c1-8(2)7-13-18(16,17)11-6-10(12(14)15)5-4-9(11)3/h4-6,8,13H,7H2,1-3H3,(H,14,15). The van der Waals surface area contributed by atoms with E-state index in [0.29, 0.717) is 12.1 Å². The highest BCUT2D eigenvalue weighted by Gasteiger charge is 2.18. The van der Waals surface area contributed by atoms with Gasteiger partial charge in [0.25, 0.3) is 0 Å². The van der Waals surface area contributed by atoms with Gasteiger partial charge in [-0.15, -0.1) is 0 Å². The summed E-state index contributed by atoms with van der Waals surface area (Å²) in [5, 5.41) is 8.87. The summed E-state index contributed by atoms with van der Waals surface area (Å²) in [5.74, 6) is -0.960. The van der Waals surface area contributed by atoms with Crippen molar-refractivity contribution in [1.29, 1.82) is 0 Å². The molecule has 5 nitrogen and oxygen atoms in total. The first-order valence-corrected chi connectivity index (χ1v) is 7.06. The Labute approximate surface area is 107 Å². The molecule has 0 amide bonds. The molecular formula is C12H17NO4S. The highest BCUT2D eigenvalue weighted by molar-refractivity contribution is 7.89. The van der Waals surface area contributed by atoms with Gasteiger partial charge in [0.2, 0.25) is 10.0 Å². The zero-order chi connectivity index (χ0) is 13.9. The van der Waals surface area contributed by atoms with E-state index in [-0.39, 0.29) is 16.4 Å². The van der Waals surface area contributed by atoms with Crippen LogP contribution in [-0.4, -0.2) is 26.0 Å². The summed E-state index contributed by atoms with van der Waals surface area (Å²) >= 11 is 0. The van der Waals surface area contributed by atoms with Crippen molar-refractivity contribution in [2.75, 3.05) is 6.54 Å². The summed E-state index contributed by atoms with van der Waals surface area (Å²) < 4.78 is 26.5. The molecule has 0 radical (unpaired) electrons. The van der Waals surface area contributed by atoms with E-state index in [1.807, 2.05) is 13.8 Å². The van der Waals surface area contributed by atoms with Gasteiger partial charge in [0.15, 0.2) is 0 Å². The molecule has 100 valence electrons. The molecule has 0 saturated heterocycles. The van der Waals surface area contributed by atoms with Gasteiger partial charge in [0.1, 0.15) is 0 Å². The molecule has 0 bridgehead atoms. The monoisotopic (exact) mass is 271 g/mol. The second kappa shape index (κ2) is 5.49. The van der Waals surface area contributed by atoms with Crippen LogP contribution >= 0.6 is 0 Å². The lowest BCUT2D eigenvalue weighted by Crippen LogP contribution is -2.28. The lowest BCUT2D eigenvalue weighted by Gasteiger charge is -2.11. The van der Waals surface area contributed by atoms with E-state index < -0.39 is 16.0 Å². The molecule has 0 aromatic heterocycles. The second-order valence-corrected chi connectivity index (χ2v) is 6.27. The van der Waals surface area contributed by atoms with Gasteiger partial charge in [-0.3, -0.25) is 0 Å². The number of hydrogen-bond acceptors (Lipinski definition) is 3. The van der Waals surface area contributed by atoms with Crippen LogP contribution in [0.4, 0.5) is 0 Å². The number of aryl methyl sites for hydroxylation is 1. The van der Waals surface area contributed by atoms with Gasteiger partial charge >= 0.3 is 5.97 Å². The van der Waals surface area contributed by atoms with Crippen molar-refractivity contribution < 1.29 is 18.3 Å². The number of carboxylic acid groups (broad SMARTS) is 1. The Kier molecular flexibility index (Phi) is 4.48. The van der Waals surface area contributed by atoms with Crippen LogP contribution in [-0.2, 0) is 10.0 Å². The quantitative estimate of drug-likeness (QED) is 0.852. The number of rotatable bonds is 5. The van der Waals surface area contributed by atoms with E-state index in [9.17, 15) is 13.2 Å². The zero-order valence-electron chi connectivity index (χ0n) is 10.6. The summed E-state index contributed by atoms with van der Waals surface area (Å²) in [6.45, 7) is 5.74. The van der Waals surface area contributed by atoms with Crippen molar-refractivity contribution >= 4 is 16.0 Å². The first-order chi connectivity index (χ1) is 8.24. The van der Waals surface area contributed by atoms with Gasteiger partial charge in [-0.05, 0) is 30.5 Å². The maximum Gasteiger partial charge on any atom is 0.335 e. The number of nitrogens with one attached hydrogen (secondary N) is 1. The maximum absolute atomic E-state index is 12.0. The number of carboxylic acids is 1. The fraction of sp³-hybridized carbons (Fsp3) is 0.417. The highest BCUT2D eigenvalue weighted by atomic mass is 32.2. The SMILES string of the molecule is Cc1ccc(C(=O)O)cc1S(=O)(=O)NCC(C)C. The molecule has 0 aliphatic rings. The van der Waals surface area contributed by atoms with Gasteiger partial charge in [-0.2, -0.15) is 0 Å². The molecule has 0 atom stereocenters. The number of sulfonamides is 1. The Morgan fingerprint density at radius 2 is 2.00 bits per heavy atom. The van der Waals surface area contributed by atoms with Crippen LogP contribution in [0.3, 0.4) is 0 Å². The van der Waals surface area contributed by atoms with Crippen LogP contribution in [0, 0.1) is 12.8 Å². The third-order valence-electron chi connectivity index (χ3n) is 2.41. The lowest BCUT2D eigenvalue weighted by molar-refractivity contribution is 0.0696. The zero-order valence-corrected chi connectivity index (χ0v) is 11.4. The number of carbonyl (C=O) groups is 1. The van der Waals surface area contributed by atoms with Crippen molar-refractivity contribution in [1.82, 2.24) is 4.72 Å². The smallest absolute Gasteiger partial charge is 0.335 e. The van der Waals surface area contributed by atoms with Crippen molar-refractivity contribution in [3.05, 3.63) is 29.3 Å². The molecule has 0 unspecified atom stereocenters. The number of benzene rings is 1. The van der Waals surface area contributed by atoms with Gasteiger partial charge < -0.3 is 5.11 Å². The first-order valence-electron chi connectivity index (χ1n) is 5.57. The Hall–Kier alpha value is -1.40. The molecule has 6 heteroatoms. The molecule has 0 aliphatic carbocycles. The molecule has 0 heterocycles. The van der Waals surface area contributed by atoms with Gasteiger partial charge in [0.05, 0.1) is 10.5 Å². The van der Waals surface area contributed by atoms with Gasteiger partial charge in [-0.25, -0.2) is 17.9 Å². The second-order valence-electron chi connectivity index (χ2n) is 4.53. The van der Waals surface area contributed by atoms with E-state index in [2.05, 4.69) is 4.72 Å². The molecule has 1 aromatic rings. The van der Waals surface area contributed by atoms with E-state index in [1.54, 1.807) is 6.92 Å². The van der Waals surface area contributed by atoms with E-state index >= 15 is 0 Å². The molecule has 0 saturated carbocycles. The molecule has 18 heavy (non-hydrogen) atoms. The van der Waals surface area contributed by atoms with Crippen LogP contribution in [0.5, 0.6) is 0 Å². The molecule has 1 rings (SSSR count). The summed E-state index contributed by atoms with van der Waals surface area (Å²) in [6, 6.07) is 4.06. The fourth-order valence-corrected chi connectivity index (χ4v) is 2.86. The van der Waals surface area contributed by atoms with Crippen molar-refractivity contribution in [2.45, 2.75) is 25.7 Å². The van der Waals surface area contributed by atoms with Gasteiger partial charge in [0, 0.05) is 6.54 Å². The van der Waals surface area contributed by atoms with Crippen molar-refractivity contribution in [3.8, 4) is 0 Å².